The van der Waals surface area contributed by atoms with Crippen molar-refractivity contribution in [3.63, 3.8) is 0 Å². The van der Waals surface area contributed by atoms with Crippen molar-refractivity contribution < 1.29 is 20.2 Å². The molecule has 3 N–H and O–H groups in total. The Bertz CT molecular complexity index is 728. The van der Waals surface area contributed by atoms with Crippen LogP contribution in [0.5, 0.6) is 17.2 Å². The van der Waals surface area contributed by atoms with Crippen LogP contribution in [0.4, 0.5) is 0 Å². The predicted octanol–water partition coefficient (Wildman–Crippen LogP) is 3.93. The van der Waals surface area contributed by atoms with Crippen molar-refractivity contribution in [1.29, 1.82) is 0 Å². The van der Waals surface area contributed by atoms with Crippen molar-refractivity contribution in [3.05, 3.63) is 40.4 Å². The van der Waals surface area contributed by atoms with Gasteiger partial charge in [-0.2, -0.15) is 0 Å². The lowest BCUT2D eigenvalue weighted by molar-refractivity contribution is 0.317. The highest BCUT2D eigenvalue weighted by molar-refractivity contribution is 9.10. The van der Waals surface area contributed by atoms with Crippen LogP contribution in [0.15, 0.2) is 40.0 Å². The van der Waals surface area contributed by atoms with Crippen molar-refractivity contribution in [2.45, 2.75) is 13.3 Å². The van der Waals surface area contributed by atoms with Gasteiger partial charge in [0.1, 0.15) is 17.2 Å². The van der Waals surface area contributed by atoms with Gasteiger partial charge >= 0.3 is 0 Å². The number of methoxy groups -OCH3 is 1. The number of phenolic OH excluding ortho intramolecular Hbond substituents is 2. The first-order valence-corrected chi connectivity index (χ1v) is 7.32. The molecule has 22 heavy (non-hydrogen) atoms. The Morgan fingerprint density at radius 2 is 1.95 bits per heavy atom. The van der Waals surface area contributed by atoms with E-state index < -0.39 is 0 Å². The Kier molecular flexibility index (Phi) is 4.92. The first-order valence-electron chi connectivity index (χ1n) is 6.53. The second-order valence-electron chi connectivity index (χ2n) is 4.83. The topological polar surface area (TPSA) is 82.3 Å². The molecule has 0 saturated heterocycles. The summed E-state index contributed by atoms with van der Waals surface area (Å²) in [5.41, 5.74) is 2.36. The van der Waals surface area contributed by atoms with Crippen LogP contribution in [0.3, 0.4) is 0 Å². The van der Waals surface area contributed by atoms with Gasteiger partial charge in [0.25, 0.3) is 0 Å². The minimum Gasteiger partial charge on any atom is -0.507 e. The number of aromatic hydroxyl groups is 2. The molecule has 116 valence electrons. The standard InChI is InChI=1S/C16H16BrNO4/c1-9(18-21)6-12-15(13(19)8-14(20)16(12)17)10-4-3-5-11(7-10)22-2/h3-5,7-8,19-21H,6H2,1-2H3/b18-9+. The zero-order chi connectivity index (χ0) is 16.3. The molecular formula is C16H16BrNO4. The summed E-state index contributed by atoms with van der Waals surface area (Å²) < 4.78 is 5.66. The summed E-state index contributed by atoms with van der Waals surface area (Å²) in [4.78, 5) is 0. The molecule has 2 rings (SSSR count). The van der Waals surface area contributed by atoms with Crippen LogP contribution < -0.4 is 4.74 Å². The second-order valence-corrected chi connectivity index (χ2v) is 5.62. The van der Waals surface area contributed by atoms with E-state index in [-0.39, 0.29) is 17.9 Å². The maximum Gasteiger partial charge on any atom is 0.133 e. The van der Waals surface area contributed by atoms with Crippen molar-refractivity contribution in [1.82, 2.24) is 0 Å². The van der Waals surface area contributed by atoms with Gasteiger partial charge in [-0.1, -0.05) is 17.3 Å². The van der Waals surface area contributed by atoms with Gasteiger partial charge in [-0.05, 0) is 46.1 Å². The van der Waals surface area contributed by atoms with Crippen LogP contribution in [-0.2, 0) is 6.42 Å². The summed E-state index contributed by atoms with van der Waals surface area (Å²) >= 11 is 3.33. The molecule has 0 saturated carbocycles. The summed E-state index contributed by atoms with van der Waals surface area (Å²) in [6, 6.07) is 8.50. The molecule has 0 bridgehead atoms. The van der Waals surface area contributed by atoms with Crippen molar-refractivity contribution in [3.8, 4) is 28.4 Å². The highest BCUT2D eigenvalue weighted by Gasteiger charge is 2.19. The van der Waals surface area contributed by atoms with Gasteiger partial charge in [0, 0.05) is 18.1 Å². The molecule has 6 heteroatoms. The summed E-state index contributed by atoms with van der Waals surface area (Å²) in [5.74, 6) is 0.513. The molecule has 0 heterocycles. The van der Waals surface area contributed by atoms with E-state index in [4.69, 9.17) is 9.94 Å². The molecule has 0 fully saturated rings. The Labute approximate surface area is 136 Å². The molecule has 0 amide bonds. The average molecular weight is 366 g/mol. The number of halogens is 1. The van der Waals surface area contributed by atoms with E-state index in [1.54, 1.807) is 26.2 Å². The molecule has 0 spiro atoms. The second kappa shape index (κ2) is 6.70. The normalized spacial score (nSPS) is 11.5. The number of nitrogens with zero attached hydrogens (tertiary/aromatic N) is 1. The van der Waals surface area contributed by atoms with Gasteiger partial charge in [-0.25, -0.2) is 0 Å². The first-order chi connectivity index (χ1) is 10.5. The molecule has 0 aliphatic heterocycles. The quantitative estimate of drug-likeness (QED) is 0.435. The fourth-order valence-electron chi connectivity index (χ4n) is 2.24. The monoisotopic (exact) mass is 365 g/mol. The maximum absolute atomic E-state index is 10.3. The van der Waals surface area contributed by atoms with Crippen LogP contribution in [0.1, 0.15) is 12.5 Å². The lowest BCUT2D eigenvalue weighted by Crippen LogP contribution is -2.02. The molecule has 2 aromatic carbocycles. The van der Waals surface area contributed by atoms with Gasteiger partial charge in [-0.15, -0.1) is 0 Å². The summed E-state index contributed by atoms with van der Waals surface area (Å²) in [7, 11) is 1.56. The summed E-state index contributed by atoms with van der Waals surface area (Å²) in [5, 5.41) is 32.2. The largest absolute Gasteiger partial charge is 0.507 e. The van der Waals surface area contributed by atoms with E-state index >= 15 is 0 Å². The molecule has 0 atom stereocenters. The van der Waals surface area contributed by atoms with Crippen molar-refractivity contribution in [2.24, 2.45) is 5.16 Å². The lowest BCUT2D eigenvalue weighted by atomic mass is 9.95. The fourth-order valence-corrected chi connectivity index (χ4v) is 2.69. The van der Waals surface area contributed by atoms with Crippen LogP contribution >= 0.6 is 15.9 Å². The molecule has 0 aromatic heterocycles. The maximum atomic E-state index is 10.3. The van der Waals surface area contributed by atoms with Gasteiger partial charge in [0.05, 0.1) is 17.3 Å². The molecule has 0 unspecified atom stereocenters. The van der Waals surface area contributed by atoms with E-state index in [9.17, 15) is 10.2 Å². The van der Waals surface area contributed by atoms with Crippen LogP contribution in [0.2, 0.25) is 0 Å². The van der Waals surface area contributed by atoms with Crippen molar-refractivity contribution >= 4 is 21.6 Å². The molecule has 0 radical (unpaired) electrons. The first kappa shape index (κ1) is 16.2. The number of ether oxygens (including phenoxy) is 1. The number of hydrogen-bond donors (Lipinski definition) is 3. The molecule has 0 aliphatic rings. The molecule has 2 aromatic rings. The number of rotatable bonds is 4. The molecular weight excluding hydrogens is 350 g/mol. The van der Waals surface area contributed by atoms with Crippen molar-refractivity contribution in [2.75, 3.05) is 7.11 Å². The Hall–Kier alpha value is -2.21. The molecule has 5 nitrogen and oxygen atoms in total. The SMILES string of the molecule is COc1cccc(-c2c(O)cc(O)c(Br)c2C/C(C)=N/O)c1. The van der Waals surface area contributed by atoms with E-state index in [1.807, 2.05) is 12.1 Å². The Morgan fingerprint density at radius 3 is 2.59 bits per heavy atom. The Morgan fingerprint density at radius 1 is 1.23 bits per heavy atom. The zero-order valence-electron chi connectivity index (χ0n) is 12.2. The van der Waals surface area contributed by atoms with E-state index in [0.717, 1.165) is 5.56 Å². The number of benzene rings is 2. The third kappa shape index (κ3) is 3.17. The summed E-state index contributed by atoms with van der Waals surface area (Å²) in [6.45, 7) is 1.66. The van der Waals surface area contributed by atoms with Gasteiger partial charge < -0.3 is 20.2 Å². The minimum absolute atomic E-state index is 0.0605. The fraction of sp³-hybridized carbons (Fsp3) is 0.188. The zero-order valence-corrected chi connectivity index (χ0v) is 13.8. The van der Waals surface area contributed by atoms with Gasteiger partial charge in [0.2, 0.25) is 0 Å². The number of phenols is 2. The number of oxime groups is 1. The van der Waals surface area contributed by atoms with E-state index in [1.165, 1.54) is 6.07 Å². The van der Waals surface area contributed by atoms with Crippen LogP contribution in [0.25, 0.3) is 11.1 Å². The summed E-state index contributed by atoms with van der Waals surface area (Å²) in [6.07, 6.45) is 0.269. The van der Waals surface area contributed by atoms with Crippen LogP contribution in [0, 0.1) is 0 Å². The van der Waals surface area contributed by atoms with Gasteiger partial charge in [0.15, 0.2) is 0 Å². The highest BCUT2D eigenvalue weighted by Crippen LogP contribution is 2.43. The van der Waals surface area contributed by atoms with E-state index in [0.29, 0.717) is 27.1 Å². The minimum atomic E-state index is -0.0788. The Balaban J connectivity index is 2.70. The number of hydrogen-bond acceptors (Lipinski definition) is 5. The molecule has 0 aliphatic carbocycles. The van der Waals surface area contributed by atoms with E-state index in [2.05, 4.69) is 21.1 Å². The van der Waals surface area contributed by atoms with Crippen LogP contribution in [-0.4, -0.2) is 28.2 Å². The highest BCUT2D eigenvalue weighted by atomic mass is 79.9. The average Bonchev–Trinajstić information content (AvgIpc) is 2.52. The smallest absolute Gasteiger partial charge is 0.133 e. The van der Waals surface area contributed by atoms with Gasteiger partial charge in [-0.3, -0.25) is 0 Å². The predicted molar refractivity (Wildman–Crippen MR) is 88.1 cm³/mol. The third-order valence-corrected chi connectivity index (χ3v) is 4.17. The lowest BCUT2D eigenvalue weighted by Gasteiger charge is -2.15. The third-order valence-electron chi connectivity index (χ3n) is 3.28.